The third-order valence-corrected chi connectivity index (χ3v) is 2.89. The Kier molecular flexibility index (Phi) is 3.64. The van der Waals surface area contributed by atoms with Crippen molar-refractivity contribution in [3.8, 4) is 0 Å². The molecule has 0 bridgehead atoms. The van der Waals surface area contributed by atoms with E-state index in [1.54, 1.807) is 12.4 Å². The van der Waals surface area contributed by atoms with Gasteiger partial charge in [-0.05, 0) is 25.6 Å². The summed E-state index contributed by atoms with van der Waals surface area (Å²) in [6.45, 7) is 6.51. The maximum Gasteiger partial charge on any atom is 0.141 e. The van der Waals surface area contributed by atoms with Crippen LogP contribution in [-0.4, -0.2) is 40.5 Å². The second-order valence-electron chi connectivity index (χ2n) is 3.92. The first kappa shape index (κ1) is 10.5. The Hall–Kier alpha value is -1.00. The van der Waals surface area contributed by atoms with E-state index in [0.29, 0.717) is 6.04 Å². The molecule has 0 unspecified atom stereocenters. The predicted molar refractivity (Wildman–Crippen MR) is 59.4 cm³/mol. The lowest BCUT2D eigenvalue weighted by atomic mass is 10.2. The van der Waals surface area contributed by atoms with Gasteiger partial charge in [0.25, 0.3) is 0 Å². The highest BCUT2D eigenvalue weighted by Gasteiger charge is 2.20. The molecule has 2 heterocycles. The molecule has 4 heteroatoms. The fourth-order valence-electron chi connectivity index (χ4n) is 1.94. The molecule has 0 aromatic carbocycles. The van der Waals surface area contributed by atoms with Crippen molar-refractivity contribution >= 4 is 0 Å². The molecule has 82 valence electrons. The highest BCUT2D eigenvalue weighted by molar-refractivity contribution is 4.89. The molecular formula is C11H18N4. The molecule has 1 aliphatic heterocycles. The van der Waals surface area contributed by atoms with Gasteiger partial charge < -0.3 is 10.2 Å². The molecule has 0 saturated carbocycles. The highest BCUT2D eigenvalue weighted by atomic mass is 15.2. The number of nitrogens with one attached hydrogen (secondary N) is 1. The zero-order valence-corrected chi connectivity index (χ0v) is 9.19. The Balaban J connectivity index is 1.75. The number of likely N-dealkylation sites (tertiary alicyclic amines) is 1. The predicted octanol–water partition coefficient (Wildman–Crippen LogP) is 0.660. The van der Waals surface area contributed by atoms with E-state index >= 15 is 0 Å². The maximum absolute atomic E-state index is 4.19. The summed E-state index contributed by atoms with van der Waals surface area (Å²) >= 11 is 0. The van der Waals surface area contributed by atoms with Crippen molar-refractivity contribution in [2.45, 2.75) is 25.9 Å². The average Bonchev–Trinajstić information content (AvgIpc) is 2.76. The minimum atomic E-state index is 0.605. The number of aromatic nitrogens is 2. The van der Waals surface area contributed by atoms with Crippen molar-refractivity contribution < 1.29 is 0 Å². The first-order chi connectivity index (χ1) is 7.38. The largest absolute Gasteiger partial charge is 0.306 e. The summed E-state index contributed by atoms with van der Waals surface area (Å²) in [6.07, 6.45) is 4.81. The van der Waals surface area contributed by atoms with Gasteiger partial charge >= 0.3 is 0 Å². The van der Waals surface area contributed by atoms with E-state index in [9.17, 15) is 0 Å². The van der Waals surface area contributed by atoms with E-state index in [0.717, 1.165) is 25.5 Å². The SMILES string of the molecule is CCN1CC[C@@H](NCc2ncccn2)C1. The van der Waals surface area contributed by atoms with Crippen molar-refractivity contribution in [1.29, 1.82) is 0 Å². The Labute approximate surface area is 90.7 Å². The van der Waals surface area contributed by atoms with Crippen LogP contribution in [0.5, 0.6) is 0 Å². The lowest BCUT2D eigenvalue weighted by Gasteiger charge is -2.13. The van der Waals surface area contributed by atoms with Crippen LogP contribution in [0.1, 0.15) is 19.2 Å². The van der Waals surface area contributed by atoms with Crippen LogP contribution in [0.3, 0.4) is 0 Å². The lowest BCUT2D eigenvalue weighted by molar-refractivity contribution is 0.345. The Morgan fingerprint density at radius 2 is 2.27 bits per heavy atom. The van der Waals surface area contributed by atoms with Crippen LogP contribution < -0.4 is 5.32 Å². The molecule has 4 nitrogen and oxygen atoms in total. The van der Waals surface area contributed by atoms with Gasteiger partial charge in [0.15, 0.2) is 0 Å². The molecule has 0 spiro atoms. The van der Waals surface area contributed by atoms with E-state index in [2.05, 4.69) is 27.1 Å². The highest BCUT2D eigenvalue weighted by Crippen LogP contribution is 2.08. The standard InChI is InChI=1S/C11H18N4/c1-2-15-7-4-10(9-15)14-8-11-12-5-3-6-13-11/h3,5-6,10,14H,2,4,7-9H2,1H3/t10-/m1/s1. The van der Waals surface area contributed by atoms with Gasteiger partial charge in [0, 0.05) is 25.0 Å². The molecule has 1 atom stereocenters. The van der Waals surface area contributed by atoms with Gasteiger partial charge in [0.2, 0.25) is 0 Å². The van der Waals surface area contributed by atoms with Crippen molar-refractivity contribution in [1.82, 2.24) is 20.2 Å². The van der Waals surface area contributed by atoms with Crippen LogP contribution in [0.15, 0.2) is 18.5 Å². The van der Waals surface area contributed by atoms with Gasteiger partial charge in [-0.1, -0.05) is 6.92 Å². The summed E-state index contributed by atoms with van der Waals surface area (Å²) in [4.78, 5) is 10.8. The molecule has 0 radical (unpaired) electrons. The number of rotatable bonds is 4. The second-order valence-corrected chi connectivity index (χ2v) is 3.92. The molecule has 0 amide bonds. The summed E-state index contributed by atoms with van der Waals surface area (Å²) in [5.41, 5.74) is 0. The molecule has 1 fully saturated rings. The zero-order chi connectivity index (χ0) is 10.5. The zero-order valence-electron chi connectivity index (χ0n) is 9.19. The van der Waals surface area contributed by atoms with E-state index in [1.807, 2.05) is 6.07 Å². The van der Waals surface area contributed by atoms with Crippen LogP contribution in [0.25, 0.3) is 0 Å². The Morgan fingerprint density at radius 3 is 2.93 bits per heavy atom. The monoisotopic (exact) mass is 206 g/mol. The summed E-state index contributed by atoms with van der Waals surface area (Å²) in [6, 6.07) is 2.45. The third-order valence-electron chi connectivity index (χ3n) is 2.89. The van der Waals surface area contributed by atoms with E-state index in [-0.39, 0.29) is 0 Å². The molecule has 15 heavy (non-hydrogen) atoms. The smallest absolute Gasteiger partial charge is 0.141 e. The normalized spacial score (nSPS) is 22.1. The fourth-order valence-corrected chi connectivity index (χ4v) is 1.94. The summed E-state index contributed by atoms with van der Waals surface area (Å²) in [7, 11) is 0. The molecule has 0 aliphatic carbocycles. The average molecular weight is 206 g/mol. The molecular weight excluding hydrogens is 188 g/mol. The van der Waals surface area contributed by atoms with E-state index in [4.69, 9.17) is 0 Å². The molecule has 1 N–H and O–H groups in total. The van der Waals surface area contributed by atoms with Crippen molar-refractivity contribution in [3.63, 3.8) is 0 Å². The van der Waals surface area contributed by atoms with Gasteiger partial charge in [0.05, 0.1) is 6.54 Å². The van der Waals surface area contributed by atoms with Crippen LogP contribution in [0, 0.1) is 0 Å². The Bertz CT molecular complexity index is 288. The molecule has 1 aromatic heterocycles. The van der Waals surface area contributed by atoms with E-state index < -0.39 is 0 Å². The quantitative estimate of drug-likeness (QED) is 0.786. The topological polar surface area (TPSA) is 41.0 Å². The molecule has 2 rings (SSSR count). The van der Waals surface area contributed by atoms with Crippen LogP contribution in [0.4, 0.5) is 0 Å². The van der Waals surface area contributed by atoms with Crippen molar-refractivity contribution in [3.05, 3.63) is 24.3 Å². The minimum absolute atomic E-state index is 0.605. The minimum Gasteiger partial charge on any atom is -0.306 e. The number of nitrogens with zero attached hydrogens (tertiary/aromatic N) is 3. The van der Waals surface area contributed by atoms with Gasteiger partial charge in [0.1, 0.15) is 5.82 Å². The van der Waals surface area contributed by atoms with Gasteiger partial charge in [-0.25, -0.2) is 9.97 Å². The van der Waals surface area contributed by atoms with Gasteiger partial charge in [-0.15, -0.1) is 0 Å². The van der Waals surface area contributed by atoms with Crippen molar-refractivity contribution in [2.75, 3.05) is 19.6 Å². The lowest BCUT2D eigenvalue weighted by Crippen LogP contribution is -2.32. The second kappa shape index (κ2) is 5.19. The van der Waals surface area contributed by atoms with Crippen LogP contribution in [0.2, 0.25) is 0 Å². The number of likely N-dealkylation sites (N-methyl/N-ethyl adjacent to an activating group) is 1. The van der Waals surface area contributed by atoms with Crippen LogP contribution >= 0.6 is 0 Å². The van der Waals surface area contributed by atoms with E-state index in [1.165, 1.54) is 13.0 Å². The third kappa shape index (κ3) is 2.97. The summed E-state index contributed by atoms with van der Waals surface area (Å²) in [5.74, 6) is 0.882. The Morgan fingerprint density at radius 1 is 1.47 bits per heavy atom. The van der Waals surface area contributed by atoms with Crippen LogP contribution in [-0.2, 0) is 6.54 Å². The first-order valence-electron chi connectivity index (χ1n) is 5.60. The van der Waals surface area contributed by atoms with Gasteiger partial charge in [-0.3, -0.25) is 0 Å². The first-order valence-corrected chi connectivity index (χ1v) is 5.60. The number of hydrogen-bond donors (Lipinski definition) is 1. The summed E-state index contributed by atoms with van der Waals surface area (Å²) < 4.78 is 0. The fraction of sp³-hybridized carbons (Fsp3) is 0.636. The maximum atomic E-state index is 4.19. The molecule has 1 aliphatic rings. The van der Waals surface area contributed by atoms with Crippen molar-refractivity contribution in [2.24, 2.45) is 0 Å². The molecule has 1 aromatic rings. The van der Waals surface area contributed by atoms with Gasteiger partial charge in [-0.2, -0.15) is 0 Å². The molecule has 1 saturated heterocycles. The summed E-state index contributed by atoms with van der Waals surface area (Å²) in [5, 5.41) is 3.50. The number of hydrogen-bond acceptors (Lipinski definition) is 4.